The fraction of sp³-hybridized carbons (Fsp3) is 0.0588. The first kappa shape index (κ1) is 17.0. The topological polar surface area (TPSA) is 61.0 Å². The van der Waals surface area contributed by atoms with Crippen LogP contribution in [-0.4, -0.2) is 16.3 Å². The predicted molar refractivity (Wildman–Crippen MR) is 89.0 cm³/mol. The average Bonchev–Trinajstić information content (AvgIpc) is 2.57. The quantitative estimate of drug-likeness (QED) is 0.667. The van der Waals surface area contributed by atoms with Gasteiger partial charge in [0.15, 0.2) is 0 Å². The monoisotopic (exact) mass is 365 g/mol. The van der Waals surface area contributed by atoms with Crippen LogP contribution in [0.15, 0.2) is 55.0 Å². The molecule has 0 bridgehead atoms. The number of benzene rings is 1. The molecule has 0 fully saturated rings. The van der Waals surface area contributed by atoms with Crippen molar-refractivity contribution in [3.8, 4) is 28.1 Å². The van der Waals surface area contributed by atoms with E-state index in [1.54, 1.807) is 30.6 Å². The lowest BCUT2D eigenvalue weighted by atomic mass is 10.0. The van der Waals surface area contributed by atoms with Gasteiger partial charge in [0, 0.05) is 41.0 Å². The molecule has 0 amide bonds. The van der Waals surface area contributed by atoms with Crippen LogP contribution in [0.1, 0.15) is 0 Å². The van der Waals surface area contributed by atoms with Gasteiger partial charge in [-0.1, -0.05) is 11.6 Å². The SMILES string of the molecule is Nc1ccc(OC(F)(F)F)cc1-c1cc(-c2cccnc2)ncc1Cl. The zero-order chi connectivity index (χ0) is 18.0. The van der Waals surface area contributed by atoms with Crippen molar-refractivity contribution in [2.75, 3.05) is 5.73 Å². The minimum absolute atomic E-state index is 0.253. The number of rotatable bonds is 3. The van der Waals surface area contributed by atoms with Crippen LogP contribution < -0.4 is 10.5 Å². The Hall–Kier alpha value is -2.80. The van der Waals surface area contributed by atoms with Crippen molar-refractivity contribution in [2.45, 2.75) is 6.36 Å². The molecule has 0 spiro atoms. The molecule has 4 nitrogen and oxygen atoms in total. The van der Waals surface area contributed by atoms with Gasteiger partial charge in [0.2, 0.25) is 0 Å². The molecule has 1 aromatic carbocycles. The highest BCUT2D eigenvalue weighted by molar-refractivity contribution is 6.33. The Kier molecular flexibility index (Phi) is 4.50. The van der Waals surface area contributed by atoms with Gasteiger partial charge >= 0.3 is 6.36 Å². The van der Waals surface area contributed by atoms with E-state index in [1.165, 1.54) is 18.3 Å². The Morgan fingerprint density at radius 2 is 1.84 bits per heavy atom. The molecule has 3 aromatic rings. The lowest BCUT2D eigenvalue weighted by molar-refractivity contribution is -0.274. The van der Waals surface area contributed by atoms with Crippen LogP contribution in [0, 0.1) is 0 Å². The molecule has 25 heavy (non-hydrogen) atoms. The maximum Gasteiger partial charge on any atom is 0.573 e. The fourth-order valence-corrected chi connectivity index (χ4v) is 2.49. The molecular formula is C17H11ClF3N3O. The Balaban J connectivity index is 2.08. The molecule has 0 saturated carbocycles. The van der Waals surface area contributed by atoms with Gasteiger partial charge in [-0.25, -0.2) is 0 Å². The molecule has 2 aromatic heterocycles. The second kappa shape index (κ2) is 6.60. The summed E-state index contributed by atoms with van der Waals surface area (Å²) in [5, 5.41) is 0.253. The van der Waals surface area contributed by atoms with Crippen LogP contribution in [-0.2, 0) is 0 Å². The molecular weight excluding hydrogens is 355 g/mol. The van der Waals surface area contributed by atoms with Gasteiger partial charge in [-0.15, -0.1) is 13.2 Å². The van der Waals surface area contributed by atoms with Crippen molar-refractivity contribution < 1.29 is 17.9 Å². The van der Waals surface area contributed by atoms with Crippen molar-refractivity contribution in [1.29, 1.82) is 0 Å². The standard InChI is InChI=1S/C17H11ClF3N3O/c18-14-9-24-16(10-2-1-5-23-8-10)7-12(14)13-6-11(3-4-15(13)22)25-17(19,20)21/h1-9H,22H2. The molecule has 0 atom stereocenters. The van der Waals surface area contributed by atoms with Gasteiger partial charge in [-0.05, 0) is 36.4 Å². The first-order chi connectivity index (χ1) is 11.8. The zero-order valence-corrected chi connectivity index (χ0v) is 13.3. The van der Waals surface area contributed by atoms with Gasteiger partial charge in [0.1, 0.15) is 5.75 Å². The summed E-state index contributed by atoms with van der Waals surface area (Å²) >= 11 is 6.18. The summed E-state index contributed by atoms with van der Waals surface area (Å²) in [6.07, 6.45) is -0.144. The number of ether oxygens (including phenoxy) is 1. The molecule has 128 valence electrons. The van der Waals surface area contributed by atoms with E-state index >= 15 is 0 Å². The molecule has 0 saturated heterocycles. The summed E-state index contributed by atoms with van der Waals surface area (Å²) < 4.78 is 41.3. The summed E-state index contributed by atoms with van der Waals surface area (Å²) in [6, 6.07) is 8.86. The molecule has 0 aliphatic rings. The third kappa shape index (κ3) is 4.00. The summed E-state index contributed by atoms with van der Waals surface area (Å²) in [5.74, 6) is -0.382. The number of anilines is 1. The average molecular weight is 366 g/mol. The van der Waals surface area contributed by atoms with Crippen LogP contribution >= 0.6 is 11.6 Å². The largest absolute Gasteiger partial charge is 0.573 e. The van der Waals surface area contributed by atoms with E-state index in [2.05, 4.69) is 14.7 Å². The second-order valence-electron chi connectivity index (χ2n) is 5.09. The van der Waals surface area contributed by atoms with Crippen molar-refractivity contribution in [3.05, 3.63) is 60.0 Å². The summed E-state index contributed by atoms with van der Waals surface area (Å²) in [5.41, 5.74) is 8.24. The predicted octanol–water partition coefficient (Wildman–Crippen LogP) is 4.94. The highest BCUT2D eigenvalue weighted by Crippen LogP contribution is 2.37. The number of pyridine rings is 2. The highest BCUT2D eigenvalue weighted by Gasteiger charge is 2.31. The van der Waals surface area contributed by atoms with Crippen molar-refractivity contribution in [1.82, 2.24) is 9.97 Å². The van der Waals surface area contributed by atoms with Crippen LogP contribution in [0.25, 0.3) is 22.4 Å². The lowest BCUT2D eigenvalue weighted by Crippen LogP contribution is -2.17. The third-order valence-corrected chi connectivity index (χ3v) is 3.66. The zero-order valence-electron chi connectivity index (χ0n) is 12.6. The van der Waals surface area contributed by atoms with Crippen molar-refractivity contribution in [2.24, 2.45) is 0 Å². The van der Waals surface area contributed by atoms with Crippen LogP contribution in [0.2, 0.25) is 5.02 Å². The van der Waals surface area contributed by atoms with Crippen molar-refractivity contribution in [3.63, 3.8) is 0 Å². The number of hydrogen-bond acceptors (Lipinski definition) is 4. The van der Waals surface area contributed by atoms with Crippen LogP contribution in [0.3, 0.4) is 0 Å². The number of nitrogen functional groups attached to an aromatic ring is 1. The van der Waals surface area contributed by atoms with E-state index in [1.807, 2.05) is 0 Å². The van der Waals surface area contributed by atoms with E-state index in [0.29, 0.717) is 16.8 Å². The smallest absolute Gasteiger partial charge is 0.406 e. The van der Waals surface area contributed by atoms with Gasteiger partial charge in [-0.2, -0.15) is 0 Å². The first-order valence-electron chi connectivity index (χ1n) is 7.05. The number of hydrogen-bond donors (Lipinski definition) is 1. The number of halogens is 4. The van der Waals surface area contributed by atoms with E-state index in [-0.39, 0.29) is 16.5 Å². The van der Waals surface area contributed by atoms with Gasteiger partial charge in [0.05, 0.1) is 10.7 Å². The minimum Gasteiger partial charge on any atom is -0.406 e. The third-order valence-electron chi connectivity index (χ3n) is 3.36. The van der Waals surface area contributed by atoms with Gasteiger partial charge in [-0.3, -0.25) is 9.97 Å². The maximum atomic E-state index is 12.4. The molecule has 2 N–H and O–H groups in total. The Morgan fingerprint density at radius 3 is 2.52 bits per heavy atom. The summed E-state index contributed by atoms with van der Waals surface area (Å²) in [7, 11) is 0. The van der Waals surface area contributed by atoms with E-state index in [9.17, 15) is 13.2 Å². The molecule has 2 heterocycles. The van der Waals surface area contributed by atoms with E-state index in [0.717, 1.165) is 11.6 Å². The summed E-state index contributed by atoms with van der Waals surface area (Å²) in [6.45, 7) is 0. The molecule has 0 unspecified atom stereocenters. The molecule has 0 aliphatic carbocycles. The maximum absolute atomic E-state index is 12.4. The number of nitrogens with zero attached hydrogens (tertiary/aromatic N) is 2. The lowest BCUT2D eigenvalue weighted by Gasteiger charge is -2.13. The van der Waals surface area contributed by atoms with E-state index in [4.69, 9.17) is 17.3 Å². The van der Waals surface area contributed by atoms with E-state index < -0.39 is 6.36 Å². The molecule has 3 rings (SSSR count). The Bertz CT molecular complexity index is 901. The van der Waals surface area contributed by atoms with Gasteiger partial charge < -0.3 is 10.5 Å². The molecule has 0 radical (unpaired) electrons. The number of nitrogens with two attached hydrogens (primary N) is 1. The van der Waals surface area contributed by atoms with Crippen LogP contribution in [0.5, 0.6) is 5.75 Å². The highest BCUT2D eigenvalue weighted by atomic mass is 35.5. The first-order valence-corrected chi connectivity index (χ1v) is 7.43. The normalized spacial score (nSPS) is 11.4. The minimum atomic E-state index is -4.80. The van der Waals surface area contributed by atoms with Crippen molar-refractivity contribution >= 4 is 17.3 Å². The molecule has 0 aliphatic heterocycles. The summed E-state index contributed by atoms with van der Waals surface area (Å²) in [4.78, 5) is 8.24. The Labute approximate surface area is 146 Å². The second-order valence-corrected chi connectivity index (χ2v) is 5.50. The number of alkyl halides is 3. The number of aromatic nitrogens is 2. The Morgan fingerprint density at radius 1 is 1.04 bits per heavy atom. The van der Waals surface area contributed by atoms with Crippen LogP contribution in [0.4, 0.5) is 18.9 Å². The molecule has 8 heteroatoms. The fourth-order valence-electron chi connectivity index (χ4n) is 2.28. The van der Waals surface area contributed by atoms with Gasteiger partial charge in [0.25, 0.3) is 0 Å².